The molecule has 0 amide bonds. The van der Waals surface area contributed by atoms with Crippen LogP contribution in [0, 0.1) is 0 Å². The number of benzene rings is 2. The van der Waals surface area contributed by atoms with Crippen LogP contribution in [-0.2, 0) is 6.54 Å². The highest BCUT2D eigenvalue weighted by atomic mass is 16.3. The smallest absolute Gasteiger partial charge is 0.0972 e. The molecule has 0 bridgehead atoms. The second-order valence-corrected chi connectivity index (χ2v) is 5.61. The van der Waals surface area contributed by atoms with Gasteiger partial charge in [-0.05, 0) is 19.2 Å². The van der Waals surface area contributed by atoms with Crippen LogP contribution in [0.2, 0.25) is 0 Å². The lowest BCUT2D eigenvalue weighted by molar-refractivity contribution is 0.217. The molecule has 2 aromatic carbocycles. The molecule has 0 saturated heterocycles. The van der Waals surface area contributed by atoms with Crippen LogP contribution in [0.25, 0.3) is 16.9 Å². The third kappa shape index (κ3) is 3.67. The molecule has 0 atom stereocenters. The molecule has 0 aliphatic heterocycles. The van der Waals surface area contributed by atoms with E-state index >= 15 is 0 Å². The van der Waals surface area contributed by atoms with Crippen LogP contribution < -0.4 is 0 Å². The molecule has 0 aliphatic rings. The minimum absolute atomic E-state index is 0.157. The van der Waals surface area contributed by atoms with E-state index in [1.165, 1.54) is 0 Å². The molecule has 4 heteroatoms. The molecule has 3 aromatic rings. The lowest BCUT2D eigenvalue weighted by atomic mass is 10.1. The van der Waals surface area contributed by atoms with Gasteiger partial charge in [-0.15, -0.1) is 0 Å². The van der Waals surface area contributed by atoms with E-state index < -0.39 is 0 Å². The fraction of sp³-hybridized carbons (Fsp3) is 0.211. The third-order valence-corrected chi connectivity index (χ3v) is 3.78. The Morgan fingerprint density at radius 3 is 2.30 bits per heavy atom. The van der Waals surface area contributed by atoms with Crippen LogP contribution >= 0.6 is 0 Å². The van der Waals surface area contributed by atoms with Crippen molar-refractivity contribution in [1.82, 2.24) is 14.7 Å². The first-order valence-corrected chi connectivity index (χ1v) is 7.76. The fourth-order valence-corrected chi connectivity index (χ4v) is 2.62. The lowest BCUT2D eigenvalue weighted by Gasteiger charge is -2.14. The molecule has 1 heterocycles. The van der Waals surface area contributed by atoms with Crippen LogP contribution in [0.4, 0.5) is 0 Å². The Balaban J connectivity index is 2.00. The number of nitrogens with zero attached hydrogens (tertiary/aromatic N) is 3. The zero-order chi connectivity index (χ0) is 16.1. The Kier molecular flexibility index (Phi) is 4.86. The first-order chi connectivity index (χ1) is 11.3. The number of aliphatic hydroxyl groups excluding tert-OH is 1. The predicted octanol–water partition coefficient (Wildman–Crippen LogP) is 2.96. The van der Waals surface area contributed by atoms with Gasteiger partial charge in [0.2, 0.25) is 0 Å². The summed E-state index contributed by atoms with van der Waals surface area (Å²) in [4.78, 5) is 2.10. The minimum atomic E-state index is 0.157. The molecular weight excluding hydrogens is 286 g/mol. The maximum absolute atomic E-state index is 9.12. The summed E-state index contributed by atoms with van der Waals surface area (Å²) in [5.41, 5.74) is 4.28. The molecule has 0 spiro atoms. The molecule has 118 valence electrons. The van der Waals surface area contributed by atoms with Gasteiger partial charge in [0.15, 0.2) is 0 Å². The van der Waals surface area contributed by atoms with Crippen molar-refractivity contribution in [3.63, 3.8) is 0 Å². The van der Waals surface area contributed by atoms with Gasteiger partial charge < -0.3 is 5.11 Å². The molecule has 3 rings (SSSR count). The maximum atomic E-state index is 9.12. The Hall–Kier alpha value is -2.43. The second kappa shape index (κ2) is 7.22. The number of hydrogen-bond acceptors (Lipinski definition) is 3. The number of rotatable bonds is 6. The average Bonchev–Trinajstić information content (AvgIpc) is 3.00. The lowest BCUT2D eigenvalue weighted by Crippen LogP contribution is -2.21. The van der Waals surface area contributed by atoms with E-state index in [9.17, 15) is 0 Å². The van der Waals surface area contributed by atoms with Crippen LogP contribution in [0.5, 0.6) is 0 Å². The number of hydrogen-bond donors (Lipinski definition) is 1. The molecule has 0 radical (unpaired) electrons. The Bertz CT molecular complexity index is 738. The molecule has 0 saturated carbocycles. The van der Waals surface area contributed by atoms with Crippen molar-refractivity contribution < 1.29 is 5.11 Å². The van der Waals surface area contributed by atoms with Crippen LogP contribution in [-0.4, -0.2) is 40.0 Å². The topological polar surface area (TPSA) is 41.3 Å². The van der Waals surface area contributed by atoms with E-state index in [1.807, 2.05) is 60.3 Å². The van der Waals surface area contributed by atoms with E-state index in [0.717, 1.165) is 29.1 Å². The summed E-state index contributed by atoms with van der Waals surface area (Å²) < 4.78 is 1.92. The normalized spacial score (nSPS) is 11.1. The standard InChI is InChI=1S/C19H21N3O/c1-21(12-13-23)14-17-15-22(18-10-6-3-7-11-18)20-19(17)16-8-4-2-5-9-16/h2-11,15,23H,12-14H2,1H3. The van der Waals surface area contributed by atoms with Gasteiger partial charge in [0, 0.05) is 30.4 Å². The fourth-order valence-electron chi connectivity index (χ4n) is 2.62. The quantitative estimate of drug-likeness (QED) is 0.761. The summed E-state index contributed by atoms with van der Waals surface area (Å²) >= 11 is 0. The SMILES string of the molecule is CN(CCO)Cc1cn(-c2ccccc2)nc1-c1ccccc1. The Morgan fingerprint density at radius 2 is 1.65 bits per heavy atom. The van der Waals surface area contributed by atoms with Crippen molar-refractivity contribution in [2.45, 2.75) is 6.54 Å². The van der Waals surface area contributed by atoms with Crippen molar-refractivity contribution in [3.8, 4) is 16.9 Å². The molecule has 1 aromatic heterocycles. The van der Waals surface area contributed by atoms with Crippen molar-refractivity contribution in [2.24, 2.45) is 0 Å². The number of aliphatic hydroxyl groups is 1. The molecule has 0 aliphatic carbocycles. The highest BCUT2D eigenvalue weighted by Crippen LogP contribution is 2.24. The summed E-state index contributed by atoms with van der Waals surface area (Å²) in [7, 11) is 2.00. The Morgan fingerprint density at radius 1 is 1.00 bits per heavy atom. The van der Waals surface area contributed by atoms with Crippen molar-refractivity contribution >= 4 is 0 Å². The maximum Gasteiger partial charge on any atom is 0.0972 e. The highest BCUT2D eigenvalue weighted by molar-refractivity contribution is 5.63. The van der Waals surface area contributed by atoms with Gasteiger partial charge >= 0.3 is 0 Å². The van der Waals surface area contributed by atoms with Crippen molar-refractivity contribution in [2.75, 3.05) is 20.2 Å². The monoisotopic (exact) mass is 307 g/mol. The van der Waals surface area contributed by atoms with E-state index in [4.69, 9.17) is 10.2 Å². The van der Waals surface area contributed by atoms with Gasteiger partial charge in [-0.3, -0.25) is 4.90 Å². The third-order valence-electron chi connectivity index (χ3n) is 3.78. The van der Waals surface area contributed by atoms with E-state index in [2.05, 4.69) is 23.2 Å². The first kappa shape index (κ1) is 15.5. The molecular formula is C19H21N3O. The molecule has 4 nitrogen and oxygen atoms in total. The van der Waals surface area contributed by atoms with Gasteiger partial charge in [0.1, 0.15) is 0 Å². The number of aromatic nitrogens is 2. The molecule has 23 heavy (non-hydrogen) atoms. The van der Waals surface area contributed by atoms with Crippen molar-refractivity contribution in [1.29, 1.82) is 0 Å². The molecule has 0 fully saturated rings. The highest BCUT2D eigenvalue weighted by Gasteiger charge is 2.13. The minimum Gasteiger partial charge on any atom is -0.395 e. The summed E-state index contributed by atoms with van der Waals surface area (Å²) in [6, 6.07) is 20.3. The van der Waals surface area contributed by atoms with Crippen molar-refractivity contribution in [3.05, 3.63) is 72.4 Å². The molecule has 1 N–H and O–H groups in total. The number of likely N-dealkylation sites (N-methyl/N-ethyl adjacent to an activating group) is 1. The largest absolute Gasteiger partial charge is 0.395 e. The van der Waals surface area contributed by atoms with Gasteiger partial charge in [0.05, 0.1) is 18.0 Å². The summed E-state index contributed by atoms with van der Waals surface area (Å²) in [5, 5.41) is 13.9. The van der Waals surface area contributed by atoms with Gasteiger partial charge in [-0.1, -0.05) is 48.5 Å². The van der Waals surface area contributed by atoms with E-state index in [-0.39, 0.29) is 6.61 Å². The van der Waals surface area contributed by atoms with Gasteiger partial charge in [0.25, 0.3) is 0 Å². The van der Waals surface area contributed by atoms with E-state index in [1.54, 1.807) is 0 Å². The van der Waals surface area contributed by atoms with Crippen LogP contribution in [0.15, 0.2) is 66.9 Å². The zero-order valence-electron chi connectivity index (χ0n) is 13.3. The first-order valence-electron chi connectivity index (χ1n) is 7.76. The van der Waals surface area contributed by atoms with Gasteiger partial charge in [-0.2, -0.15) is 5.10 Å². The average molecular weight is 307 g/mol. The second-order valence-electron chi connectivity index (χ2n) is 5.61. The zero-order valence-corrected chi connectivity index (χ0v) is 13.3. The number of para-hydroxylation sites is 1. The predicted molar refractivity (Wildman–Crippen MR) is 92.4 cm³/mol. The Labute approximate surface area is 136 Å². The van der Waals surface area contributed by atoms with Crippen LogP contribution in [0.1, 0.15) is 5.56 Å². The summed E-state index contributed by atoms with van der Waals surface area (Å²) in [5.74, 6) is 0. The van der Waals surface area contributed by atoms with E-state index in [0.29, 0.717) is 6.54 Å². The van der Waals surface area contributed by atoms with Crippen LogP contribution in [0.3, 0.4) is 0 Å². The van der Waals surface area contributed by atoms with Gasteiger partial charge in [-0.25, -0.2) is 4.68 Å². The molecule has 0 unspecified atom stereocenters. The summed E-state index contributed by atoms with van der Waals surface area (Å²) in [6.07, 6.45) is 2.07. The summed E-state index contributed by atoms with van der Waals surface area (Å²) in [6.45, 7) is 1.55.